The molecule has 1 amide bonds. The Kier molecular flexibility index (Phi) is 4.82. The average molecular weight is 259 g/mol. The molecule has 16 heavy (non-hydrogen) atoms. The largest absolute Gasteiger partial charge is 0.480 e. The van der Waals surface area contributed by atoms with Crippen molar-refractivity contribution in [2.75, 3.05) is 6.26 Å². The van der Waals surface area contributed by atoms with Crippen LogP contribution in [0.3, 0.4) is 0 Å². The van der Waals surface area contributed by atoms with E-state index in [-0.39, 0.29) is 5.91 Å². The van der Waals surface area contributed by atoms with Crippen LogP contribution >= 0.6 is 23.1 Å². The highest BCUT2D eigenvalue weighted by Crippen LogP contribution is 2.25. The van der Waals surface area contributed by atoms with Crippen molar-refractivity contribution in [2.45, 2.75) is 24.3 Å². The zero-order valence-electron chi connectivity index (χ0n) is 9.02. The second-order valence-electron chi connectivity index (χ2n) is 3.09. The Labute approximate surface area is 102 Å². The van der Waals surface area contributed by atoms with Gasteiger partial charge >= 0.3 is 5.97 Å². The number of thioether (sulfide) groups is 1. The number of aliphatic carboxylic acids is 1. The second-order valence-corrected chi connectivity index (χ2v) is 4.85. The van der Waals surface area contributed by atoms with E-state index in [1.807, 2.05) is 17.7 Å². The van der Waals surface area contributed by atoms with Gasteiger partial charge in [-0.2, -0.15) is 0 Å². The lowest BCUT2D eigenvalue weighted by Crippen LogP contribution is -2.40. The van der Waals surface area contributed by atoms with Crippen LogP contribution < -0.4 is 5.32 Å². The molecule has 1 atom stereocenters. The molecule has 0 saturated carbocycles. The van der Waals surface area contributed by atoms with E-state index in [0.29, 0.717) is 11.3 Å². The van der Waals surface area contributed by atoms with Gasteiger partial charge in [0.25, 0.3) is 5.91 Å². The fraction of sp³-hybridized carbons (Fsp3) is 0.400. The number of thiophene rings is 1. The number of carbonyl (C=O) groups excluding carboxylic acids is 1. The van der Waals surface area contributed by atoms with Gasteiger partial charge in [0.05, 0.1) is 0 Å². The molecule has 0 aliphatic heterocycles. The molecule has 1 aromatic rings. The molecular formula is C10H13NO3S2. The van der Waals surface area contributed by atoms with Crippen LogP contribution in [0.25, 0.3) is 0 Å². The minimum atomic E-state index is -1.00. The number of carbonyl (C=O) groups is 2. The standard InChI is InChI=1S/C10H13NO3S2/c1-3-6(10(13)14)11-9(12)8-7(15-2)4-5-16-8/h4-6H,3H2,1-2H3,(H,11,12)(H,13,14). The van der Waals surface area contributed by atoms with E-state index < -0.39 is 12.0 Å². The van der Waals surface area contributed by atoms with E-state index in [0.717, 1.165) is 4.90 Å². The highest BCUT2D eigenvalue weighted by molar-refractivity contribution is 7.98. The summed E-state index contributed by atoms with van der Waals surface area (Å²) in [6.45, 7) is 1.73. The molecule has 1 unspecified atom stereocenters. The maximum Gasteiger partial charge on any atom is 0.326 e. The molecule has 0 aliphatic carbocycles. The van der Waals surface area contributed by atoms with Crippen LogP contribution in [0, 0.1) is 0 Å². The summed E-state index contributed by atoms with van der Waals surface area (Å²) in [6.07, 6.45) is 2.26. The van der Waals surface area contributed by atoms with Gasteiger partial charge in [0.15, 0.2) is 0 Å². The van der Waals surface area contributed by atoms with E-state index in [9.17, 15) is 9.59 Å². The van der Waals surface area contributed by atoms with Gasteiger partial charge in [0.2, 0.25) is 0 Å². The molecule has 2 N–H and O–H groups in total. The fourth-order valence-electron chi connectivity index (χ4n) is 1.19. The molecule has 4 nitrogen and oxygen atoms in total. The number of carboxylic acids is 1. The van der Waals surface area contributed by atoms with Crippen molar-refractivity contribution in [1.29, 1.82) is 0 Å². The van der Waals surface area contributed by atoms with Gasteiger partial charge in [-0.25, -0.2) is 4.79 Å². The van der Waals surface area contributed by atoms with Gasteiger partial charge in [-0.1, -0.05) is 6.92 Å². The predicted molar refractivity (Wildman–Crippen MR) is 65.3 cm³/mol. The lowest BCUT2D eigenvalue weighted by molar-refractivity contribution is -0.139. The maximum absolute atomic E-state index is 11.8. The van der Waals surface area contributed by atoms with Gasteiger partial charge in [0.1, 0.15) is 10.9 Å². The number of hydrogen-bond donors (Lipinski definition) is 2. The second kappa shape index (κ2) is 5.91. The first kappa shape index (κ1) is 13.1. The molecule has 0 aromatic carbocycles. The van der Waals surface area contributed by atoms with Crippen LogP contribution in [0.4, 0.5) is 0 Å². The summed E-state index contributed by atoms with van der Waals surface area (Å²) in [6, 6.07) is 1.04. The summed E-state index contributed by atoms with van der Waals surface area (Å²) < 4.78 is 0. The number of carboxylic acid groups (broad SMARTS) is 1. The van der Waals surface area contributed by atoms with Crippen molar-refractivity contribution in [1.82, 2.24) is 5.32 Å². The Hall–Kier alpha value is -1.01. The van der Waals surface area contributed by atoms with E-state index >= 15 is 0 Å². The third-order valence-electron chi connectivity index (χ3n) is 2.07. The Balaban J connectivity index is 2.75. The zero-order valence-corrected chi connectivity index (χ0v) is 10.7. The quantitative estimate of drug-likeness (QED) is 0.794. The van der Waals surface area contributed by atoms with Gasteiger partial charge in [-0.3, -0.25) is 4.79 Å². The predicted octanol–water partition coefficient (Wildman–Crippen LogP) is 2.06. The minimum Gasteiger partial charge on any atom is -0.480 e. The SMILES string of the molecule is CCC(NC(=O)c1sccc1SC)C(=O)O. The first-order chi connectivity index (χ1) is 7.60. The molecule has 1 aromatic heterocycles. The van der Waals surface area contributed by atoms with Crippen molar-refractivity contribution in [2.24, 2.45) is 0 Å². The zero-order chi connectivity index (χ0) is 12.1. The van der Waals surface area contributed by atoms with Crippen LogP contribution in [-0.4, -0.2) is 29.3 Å². The number of amides is 1. The summed E-state index contributed by atoms with van der Waals surface area (Å²) in [5, 5.41) is 13.2. The van der Waals surface area contributed by atoms with Crippen molar-refractivity contribution >= 4 is 35.0 Å². The molecule has 0 bridgehead atoms. The molecule has 6 heteroatoms. The van der Waals surface area contributed by atoms with E-state index in [4.69, 9.17) is 5.11 Å². The van der Waals surface area contributed by atoms with E-state index in [1.54, 1.807) is 6.92 Å². The summed E-state index contributed by atoms with van der Waals surface area (Å²) in [5.74, 6) is -1.31. The van der Waals surface area contributed by atoms with Gasteiger partial charge < -0.3 is 10.4 Å². The Morgan fingerprint density at radius 1 is 1.62 bits per heavy atom. The molecular weight excluding hydrogens is 246 g/mol. The van der Waals surface area contributed by atoms with Crippen LogP contribution in [0.2, 0.25) is 0 Å². The first-order valence-corrected chi connectivity index (χ1v) is 6.85. The number of nitrogens with one attached hydrogen (secondary N) is 1. The highest BCUT2D eigenvalue weighted by Gasteiger charge is 2.20. The summed E-state index contributed by atoms with van der Waals surface area (Å²) in [4.78, 5) is 24.0. The van der Waals surface area contributed by atoms with Crippen LogP contribution in [0.5, 0.6) is 0 Å². The van der Waals surface area contributed by atoms with Gasteiger partial charge in [-0.05, 0) is 24.1 Å². The molecule has 1 rings (SSSR count). The molecule has 1 heterocycles. The molecule has 88 valence electrons. The smallest absolute Gasteiger partial charge is 0.326 e. The lowest BCUT2D eigenvalue weighted by atomic mass is 10.2. The van der Waals surface area contributed by atoms with Crippen LogP contribution in [0.15, 0.2) is 16.3 Å². The maximum atomic E-state index is 11.8. The van der Waals surface area contributed by atoms with E-state index in [1.165, 1.54) is 23.1 Å². The topological polar surface area (TPSA) is 66.4 Å². The Morgan fingerprint density at radius 2 is 2.31 bits per heavy atom. The minimum absolute atomic E-state index is 0.311. The lowest BCUT2D eigenvalue weighted by Gasteiger charge is -2.11. The van der Waals surface area contributed by atoms with Gasteiger partial charge in [-0.15, -0.1) is 23.1 Å². The van der Waals surface area contributed by atoms with Crippen molar-refractivity contribution in [3.8, 4) is 0 Å². The van der Waals surface area contributed by atoms with Crippen molar-refractivity contribution in [3.63, 3.8) is 0 Å². The Bertz CT molecular complexity index is 389. The third kappa shape index (κ3) is 2.99. The summed E-state index contributed by atoms with van der Waals surface area (Å²) in [7, 11) is 0. The fourth-order valence-corrected chi connectivity index (χ4v) is 2.84. The first-order valence-electron chi connectivity index (χ1n) is 4.75. The highest BCUT2D eigenvalue weighted by atomic mass is 32.2. The summed E-state index contributed by atoms with van der Waals surface area (Å²) in [5.41, 5.74) is 0. The Morgan fingerprint density at radius 3 is 2.81 bits per heavy atom. The molecule has 0 aliphatic rings. The monoisotopic (exact) mass is 259 g/mol. The van der Waals surface area contributed by atoms with Crippen LogP contribution in [0.1, 0.15) is 23.0 Å². The molecule has 0 spiro atoms. The third-order valence-corrected chi connectivity index (χ3v) is 3.89. The van der Waals surface area contributed by atoms with Gasteiger partial charge in [0, 0.05) is 4.90 Å². The molecule has 0 radical (unpaired) electrons. The number of rotatable bonds is 5. The van der Waals surface area contributed by atoms with Crippen molar-refractivity contribution < 1.29 is 14.7 Å². The molecule has 0 saturated heterocycles. The summed E-state index contributed by atoms with van der Waals surface area (Å²) >= 11 is 2.80. The van der Waals surface area contributed by atoms with Crippen molar-refractivity contribution in [3.05, 3.63) is 16.3 Å². The number of hydrogen-bond acceptors (Lipinski definition) is 4. The van der Waals surface area contributed by atoms with E-state index in [2.05, 4.69) is 5.32 Å². The average Bonchev–Trinajstić information content (AvgIpc) is 2.72. The van der Waals surface area contributed by atoms with Crippen LogP contribution in [-0.2, 0) is 4.79 Å². The normalized spacial score (nSPS) is 12.1. The molecule has 0 fully saturated rings.